The van der Waals surface area contributed by atoms with E-state index in [1.54, 1.807) is 4.80 Å². The van der Waals surface area contributed by atoms with Gasteiger partial charge in [-0.15, -0.1) is 30.9 Å². The van der Waals surface area contributed by atoms with Gasteiger partial charge in [-0.3, -0.25) is 0 Å². The van der Waals surface area contributed by atoms with Crippen LogP contribution in [0.1, 0.15) is 101 Å². The number of fused-ring (bicyclic) bond motifs is 2. The third kappa shape index (κ3) is 8.57. The minimum absolute atomic E-state index is 0.0166. The van der Waals surface area contributed by atoms with E-state index < -0.39 is 0 Å². The van der Waals surface area contributed by atoms with Crippen LogP contribution in [-0.2, 0) is 0 Å². The van der Waals surface area contributed by atoms with Crippen LogP contribution in [0.15, 0.2) is 118 Å². The van der Waals surface area contributed by atoms with Gasteiger partial charge >= 0.3 is 0 Å². The molecule has 2 aliphatic rings. The Morgan fingerprint density at radius 1 is 0.585 bits per heavy atom. The maximum absolute atomic E-state index is 12.2. The molecule has 2 aromatic carbocycles. The van der Waals surface area contributed by atoms with E-state index in [1.807, 2.05) is 60.7 Å². The van der Waals surface area contributed by atoms with Gasteiger partial charge in [0, 0.05) is 18.4 Å². The maximum Gasteiger partial charge on any atom is 0.169 e. The Morgan fingerprint density at radius 3 is 1.49 bits per heavy atom. The average Bonchev–Trinajstić information content (AvgIpc) is 3.66. The number of aliphatic hydroxyl groups excluding tert-OH is 2. The zero-order chi connectivity index (χ0) is 38.3. The van der Waals surface area contributed by atoms with Gasteiger partial charge in [-0.1, -0.05) is 111 Å². The summed E-state index contributed by atoms with van der Waals surface area (Å²) in [6, 6.07) is 15.3. The third-order valence-electron chi connectivity index (χ3n) is 9.88. The monoisotopic (exact) mass is 710 g/mol. The van der Waals surface area contributed by atoms with Crippen molar-refractivity contribution in [2.75, 3.05) is 0 Å². The van der Waals surface area contributed by atoms with Crippen LogP contribution in [0.25, 0.3) is 33.5 Å². The largest absolute Gasteiger partial charge is 0.505 e. The summed E-state index contributed by atoms with van der Waals surface area (Å²) in [7, 11) is 0. The highest BCUT2D eigenvalue weighted by atomic mass is 16.3. The molecular weight excluding hydrogens is 657 g/mol. The number of allylic oxidation sites excluding steroid dienone is 8. The molecule has 8 heteroatoms. The van der Waals surface area contributed by atoms with E-state index in [2.05, 4.69) is 92.9 Å². The van der Waals surface area contributed by atoms with Crippen LogP contribution in [0.4, 0.5) is 0 Å². The van der Waals surface area contributed by atoms with Crippen LogP contribution >= 0.6 is 0 Å². The summed E-state index contributed by atoms with van der Waals surface area (Å²) < 4.78 is 0. The number of hydrogen-bond acceptors (Lipinski definition) is 6. The molecule has 0 bridgehead atoms. The number of aliphatic hydroxyl groups is 2. The molecule has 2 N–H and O–H groups in total. The van der Waals surface area contributed by atoms with E-state index >= 15 is 0 Å². The average molecular weight is 711 g/mol. The summed E-state index contributed by atoms with van der Waals surface area (Å²) >= 11 is 0. The standard InChI is InChI=1S/C45H54N6O2/c1-42(2,3)28-44(7,8)32-21-19-30(40(52)38(25-23-32)50-46-34-15-11-12-16-35(34)47-50)27-31-20-22-33(45(9,10)29-43(4,5)6)24-26-39(41(31)53)51-48-36-17-13-14-18-37(36)49-51/h11-18,21-24,52-53H,19,26-29H2,1-10H3/b32-21+,33-24+,40-30-,41-39?. The topological polar surface area (TPSA) is 102 Å². The molecule has 0 radical (unpaired) electrons. The van der Waals surface area contributed by atoms with Crippen molar-refractivity contribution in [1.29, 1.82) is 0 Å². The Morgan fingerprint density at radius 2 is 1.02 bits per heavy atom. The highest BCUT2D eigenvalue weighted by Crippen LogP contribution is 2.43. The number of nitrogens with zero attached hydrogens (tertiary/aromatic N) is 6. The van der Waals surface area contributed by atoms with Gasteiger partial charge in [-0.05, 0) is 94.1 Å². The molecule has 0 amide bonds. The molecule has 0 unspecified atom stereocenters. The van der Waals surface area contributed by atoms with Crippen molar-refractivity contribution < 1.29 is 10.2 Å². The molecule has 0 aliphatic heterocycles. The molecule has 6 rings (SSSR count). The predicted octanol–water partition coefficient (Wildman–Crippen LogP) is 11.5. The zero-order valence-electron chi connectivity index (χ0n) is 33.0. The zero-order valence-corrected chi connectivity index (χ0v) is 33.0. The van der Waals surface area contributed by atoms with Crippen LogP contribution in [0.3, 0.4) is 0 Å². The molecule has 4 aromatic rings. The predicted molar refractivity (Wildman–Crippen MR) is 216 cm³/mol. The fourth-order valence-electron chi connectivity index (χ4n) is 8.11. The second kappa shape index (κ2) is 14.0. The van der Waals surface area contributed by atoms with Gasteiger partial charge in [0.25, 0.3) is 0 Å². The third-order valence-corrected chi connectivity index (χ3v) is 9.88. The molecular formula is C45H54N6O2. The van der Waals surface area contributed by atoms with Crippen LogP contribution in [0, 0.1) is 21.7 Å². The Kier molecular flexibility index (Phi) is 9.93. The Bertz CT molecular complexity index is 2260. The number of aromatic nitrogens is 6. The smallest absolute Gasteiger partial charge is 0.169 e. The van der Waals surface area contributed by atoms with Crippen molar-refractivity contribution in [2.45, 2.75) is 101 Å². The summed E-state index contributed by atoms with van der Waals surface area (Å²) in [5.74, 6) is 0.0529. The van der Waals surface area contributed by atoms with Crippen molar-refractivity contribution in [3.63, 3.8) is 0 Å². The first-order chi connectivity index (χ1) is 24.8. The lowest BCUT2D eigenvalue weighted by Crippen LogP contribution is -2.22. The Hall–Kier alpha value is -5.16. The lowest BCUT2D eigenvalue weighted by Gasteiger charge is -2.34. The molecule has 53 heavy (non-hydrogen) atoms. The first kappa shape index (κ1) is 37.6. The van der Waals surface area contributed by atoms with Crippen molar-refractivity contribution in [3.8, 4) is 0 Å². The van der Waals surface area contributed by atoms with Crippen LogP contribution in [-0.4, -0.2) is 40.2 Å². The molecule has 0 saturated carbocycles. The molecule has 2 heterocycles. The van der Waals surface area contributed by atoms with Crippen LogP contribution in [0.5, 0.6) is 0 Å². The summed E-state index contributed by atoms with van der Waals surface area (Å²) in [5.41, 5.74) is 14.0. The minimum atomic E-state index is -0.183. The highest BCUT2D eigenvalue weighted by molar-refractivity contribution is 5.76. The lowest BCUT2D eigenvalue weighted by atomic mass is 9.71. The van der Waals surface area contributed by atoms with Gasteiger partial charge in [0.05, 0.1) is 0 Å². The van der Waals surface area contributed by atoms with E-state index in [0.717, 1.165) is 35.0 Å². The quantitative estimate of drug-likeness (QED) is 0.177. The van der Waals surface area contributed by atoms with E-state index in [4.69, 9.17) is 20.4 Å². The van der Waals surface area contributed by atoms with E-state index in [-0.39, 0.29) is 39.6 Å². The van der Waals surface area contributed by atoms with Gasteiger partial charge in [0.1, 0.15) is 33.5 Å². The molecule has 2 aromatic heterocycles. The van der Waals surface area contributed by atoms with Crippen LogP contribution < -0.4 is 0 Å². The molecule has 2 aliphatic carbocycles. The van der Waals surface area contributed by atoms with Crippen molar-refractivity contribution in [3.05, 3.63) is 118 Å². The summed E-state index contributed by atoms with van der Waals surface area (Å²) in [5, 5.41) is 43.3. The summed E-state index contributed by atoms with van der Waals surface area (Å²) in [4.78, 5) is 3.01. The fraction of sp³-hybridized carbons (Fsp3) is 0.422. The second-order valence-electron chi connectivity index (χ2n) is 18.3. The van der Waals surface area contributed by atoms with E-state index in [1.165, 1.54) is 4.80 Å². The Balaban J connectivity index is 1.52. The van der Waals surface area contributed by atoms with Gasteiger partial charge in [0.15, 0.2) is 11.5 Å². The molecule has 0 saturated heterocycles. The van der Waals surface area contributed by atoms with Crippen LogP contribution in [0.2, 0.25) is 0 Å². The van der Waals surface area contributed by atoms with Gasteiger partial charge in [-0.2, -0.15) is 4.80 Å². The first-order valence-electron chi connectivity index (χ1n) is 18.6. The van der Waals surface area contributed by atoms with Gasteiger partial charge in [-0.25, -0.2) is 0 Å². The van der Waals surface area contributed by atoms with Crippen molar-refractivity contribution >= 4 is 33.5 Å². The Labute approximate surface area is 314 Å². The number of hydrogen-bond donors (Lipinski definition) is 2. The maximum atomic E-state index is 12.2. The summed E-state index contributed by atoms with van der Waals surface area (Å²) in [6.45, 7) is 22.5. The summed E-state index contributed by atoms with van der Waals surface area (Å²) in [6.07, 6.45) is 11.3. The van der Waals surface area contributed by atoms with Crippen molar-refractivity contribution in [1.82, 2.24) is 30.0 Å². The van der Waals surface area contributed by atoms with Gasteiger partial charge in [0.2, 0.25) is 0 Å². The fourth-order valence-corrected chi connectivity index (χ4v) is 8.11. The molecule has 0 fully saturated rings. The highest BCUT2D eigenvalue weighted by Gasteiger charge is 2.31. The van der Waals surface area contributed by atoms with Crippen molar-refractivity contribution in [2.24, 2.45) is 21.7 Å². The molecule has 0 spiro atoms. The molecule has 0 atom stereocenters. The lowest BCUT2D eigenvalue weighted by molar-refractivity contribution is 0.252. The van der Waals surface area contributed by atoms with Gasteiger partial charge < -0.3 is 10.2 Å². The SMILES string of the molecule is CC(C)(C)CC(C)(C)/C1=C/CC(n2nc3ccccc3n2)=C(O)C(C/C2=C(\O)C(n3nc4ccccc4n3)=C=C/C(C(C)(C)CC(C)(C)C)=C\C2)=C=C1. The number of rotatable bonds is 8. The molecule has 276 valence electrons. The second-order valence-corrected chi connectivity index (χ2v) is 18.3. The minimum Gasteiger partial charge on any atom is -0.505 e. The number of benzene rings is 2. The first-order valence-corrected chi connectivity index (χ1v) is 18.6. The van der Waals surface area contributed by atoms with E-state index in [9.17, 15) is 10.2 Å². The molecule has 8 nitrogen and oxygen atoms in total. The normalized spacial score (nSPS) is 20.0. The van der Waals surface area contributed by atoms with E-state index in [0.29, 0.717) is 46.4 Å².